The zero-order valence-corrected chi connectivity index (χ0v) is 11.8. The van der Waals surface area contributed by atoms with Gasteiger partial charge in [-0.25, -0.2) is 4.79 Å². The minimum absolute atomic E-state index is 0.408. The summed E-state index contributed by atoms with van der Waals surface area (Å²) in [4.78, 5) is 11.7. The van der Waals surface area contributed by atoms with Crippen molar-refractivity contribution in [2.24, 2.45) is 0 Å². The monoisotopic (exact) mass is 262 g/mol. The van der Waals surface area contributed by atoms with Crippen LogP contribution >= 0.6 is 0 Å². The fourth-order valence-electron chi connectivity index (χ4n) is 2.23. The van der Waals surface area contributed by atoms with Gasteiger partial charge in [-0.1, -0.05) is 12.1 Å². The maximum Gasteiger partial charge on any atom is 0.412 e. The van der Waals surface area contributed by atoms with E-state index in [0.29, 0.717) is 5.92 Å². The molecule has 0 saturated carbocycles. The lowest BCUT2D eigenvalue weighted by Crippen LogP contribution is -2.27. The van der Waals surface area contributed by atoms with Crippen LogP contribution in [0.15, 0.2) is 24.3 Å². The van der Waals surface area contributed by atoms with Crippen molar-refractivity contribution in [3.05, 3.63) is 29.8 Å². The molecule has 1 aromatic carbocycles. The highest BCUT2D eigenvalue weighted by molar-refractivity contribution is 5.84. The average Bonchev–Trinajstić information content (AvgIpc) is 2.79. The minimum Gasteiger partial charge on any atom is -0.444 e. The van der Waals surface area contributed by atoms with Crippen molar-refractivity contribution in [3.8, 4) is 0 Å². The van der Waals surface area contributed by atoms with Gasteiger partial charge in [-0.05, 0) is 57.4 Å². The third-order valence-corrected chi connectivity index (χ3v) is 3.06. The normalized spacial score (nSPS) is 19.2. The van der Waals surface area contributed by atoms with E-state index in [1.54, 1.807) is 0 Å². The largest absolute Gasteiger partial charge is 0.444 e. The van der Waals surface area contributed by atoms with Gasteiger partial charge in [-0.3, -0.25) is 5.32 Å². The van der Waals surface area contributed by atoms with Crippen molar-refractivity contribution in [1.82, 2.24) is 5.32 Å². The van der Waals surface area contributed by atoms with Gasteiger partial charge in [0.25, 0.3) is 0 Å². The van der Waals surface area contributed by atoms with E-state index in [4.69, 9.17) is 4.74 Å². The zero-order chi connectivity index (χ0) is 13.9. The SMILES string of the molecule is CC(C)(C)OC(=O)Nc1cccc([C@H]2CCNC2)c1. The lowest BCUT2D eigenvalue weighted by atomic mass is 9.98. The van der Waals surface area contributed by atoms with Crippen LogP contribution in [-0.2, 0) is 4.74 Å². The maximum absolute atomic E-state index is 11.7. The molecule has 1 aliphatic rings. The molecular weight excluding hydrogens is 240 g/mol. The Morgan fingerprint density at radius 1 is 1.42 bits per heavy atom. The van der Waals surface area contributed by atoms with E-state index in [1.807, 2.05) is 39.0 Å². The topological polar surface area (TPSA) is 50.4 Å². The average molecular weight is 262 g/mol. The van der Waals surface area contributed by atoms with Crippen molar-refractivity contribution in [2.45, 2.75) is 38.7 Å². The van der Waals surface area contributed by atoms with Gasteiger partial charge < -0.3 is 10.1 Å². The summed E-state index contributed by atoms with van der Waals surface area (Å²) in [6.45, 7) is 7.64. The summed E-state index contributed by atoms with van der Waals surface area (Å²) in [5, 5.41) is 6.13. The van der Waals surface area contributed by atoms with E-state index in [2.05, 4.69) is 16.7 Å². The number of nitrogens with one attached hydrogen (secondary N) is 2. The Morgan fingerprint density at radius 3 is 2.84 bits per heavy atom. The van der Waals surface area contributed by atoms with Gasteiger partial charge in [-0.2, -0.15) is 0 Å². The molecule has 2 rings (SSSR count). The summed E-state index contributed by atoms with van der Waals surface area (Å²) in [6.07, 6.45) is 0.741. The lowest BCUT2D eigenvalue weighted by Gasteiger charge is -2.20. The maximum atomic E-state index is 11.7. The molecule has 1 amide bonds. The van der Waals surface area contributed by atoms with Crippen LogP contribution in [0.5, 0.6) is 0 Å². The smallest absolute Gasteiger partial charge is 0.412 e. The molecule has 1 aliphatic heterocycles. The molecule has 0 aliphatic carbocycles. The molecule has 0 spiro atoms. The fourth-order valence-corrected chi connectivity index (χ4v) is 2.23. The second-order valence-electron chi connectivity index (χ2n) is 5.94. The number of hydrogen-bond acceptors (Lipinski definition) is 3. The van der Waals surface area contributed by atoms with Crippen LogP contribution in [0.3, 0.4) is 0 Å². The Labute approximate surface area is 114 Å². The summed E-state index contributed by atoms with van der Waals surface area (Å²) in [6, 6.07) is 8.00. The first-order valence-electron chi connectivity index (χ1n) is 6.75. The van der Waals surface area contributed by atoms with Crippen LogP contribution in [0.25, 0.3) is 0 Å². The van der Waals surface area contributed by atoms with Crippen LogP contribution in [0.2, 0.25) is 0 Å². The molecule has 1 atom stereocenters. The molecular formula is C15H22N2O2. The van der Waals surface area contributed by atoms with Crippen molar-refractivity contribution in [2.75, 3.05) is 18.4 Å². The molecule has 0 radical (unpaired) electrons. The van der Waals surface area contributed by atoms with Gasteiger partial charge in [0.1, 0.15) is 5.60 Å². The Kier molecular flexibility index (Phi) is 4.10. The van der Waals surface area contributed by atoms with Crippen LogP contribution in [0, 0.1) is 0 Å². The van der Waals surface area contributed by atoms with Gasteiger partial charge in [0.05, 0.1) is 0 Å². The number of rotatable bonds is 2. The molecule has 0 unspecified atom stereocenters. The van der Waals surface area contributed by atoms with Gasteiger partial charge >= 0.3 is 6.09 Å². The highest BCUT2D eigenvalue weighted by Gasteiger charge is 2.18. The first kappa shape index (κ1) is 13.9. The first-order chi connectivity index (χ1) is 8.94. The number of anilines is 1. The van der Waals surface area contributed by atoms with E-state index in [1.165, 1.54) is 5.56 Å². The van der Waals surface area contributed by atoms with Crippen molar-refractivity contribution >= 4 is 11.8 Å². The molecule has 2 N–H and O–H groups in total. The van der Waals surface area contributed by atoms with Crippen molar-refractivity contribution in [3.63, 3.8) is 0 Å². The third kappa shape index (κ3) is 4.24. The summed E-state index contributed by atoms with van der Waals surface area (Å²) >= 11 is 0. The van der Waals surface area contributed by atoms with Crippen molar-refractivity contribution < 1.29 is 9.53 Å². The number of benzene rings is 1. The Balaban J connectivity index is 2.00. The van der Waals surface area contributed by atoms with Gasteiger partial charge in [0, 0.05) is 12.2 Å². The highest BCUT2D eigenvalue weighted by Crippen LogP contribution is 2.24. The molecule has 4 nitrogen and oxygen atoms in total. The summed E-state index contributed by atoms with van der Waals surface area (Å²) in [7, 11) is 0. The van der Waals surface area contributed by atoms with Crippen LogP contribution in [0.1, 0.15) is 38.7 Å². The predicted octanol–water partition coefficient (Wildman–Crippen LogP) is 3.11. The second-order valence-corrected chi connectivity index (χ2v) is 5.94. The molecule has 1 saturated heterocycles. The van der Waals surface area contributed by atoms with Crippen molar-refractivity contribution in [1.29, 1.82) is 0 Å². The fraction of sp³-hybridized carbons (Fsp3) is 0.533. The molecule has 1 fully saturated rings. The zero-order valence-electron chi connectivity index (χ0n) is 11.8. The predicted molar refractivity (Wildman–Crippen MR) is 76.5 cm³/mol. The third-order valence-electron chi connectivity index (χ3n) is 3.06. The number of ether oxygens (including phenoxy) is 1. The molecule has 0 bridgehead atoms. The van der Waals surface area contributed by atoms with E-state index >= 15 is 0 Å². The molecule has 104 valence electrons. The van der Waals surface area contributed by atoms with E-state index in [9.17, 15) is 4.79 Å². The first-order valence-corrected chi connectivity index (χ1v) is 6.75. The Morgan fingerprint density at radius 2 is 2.21 bits per heavy atom. The standard InChI is InChI=1S/C15H22N2O2/c1-15(2,3)19-14(18)17-13-6-4-5-11(9-13)12-7-8-16-10-12/h4-6,9,12,16H,7-8,10H2,1-3H3,(H,17,18)/t12-/m0/s1. The molecule has 19 heavy (non-hydrogen) atoms. The Bertz CT molecular complexity index is 446. The van der Waals surface area contributed by atoms with Crippen LogP contribution < -0.4 is 10.6 Å². The van der Waals surface area contributed by atoms with Gasteiger partial charge in [0.15, 0.2) is 0 Å². The molecule has 1 aromatic rings. The van der Waals surface area contributed by atoms with Crippen LogP contribution in [0.4, 0.5) is 10.5 Å². The summed E-state index contributed by atoms with van der Waals surface area (Å²) in [5.41, 5.74) is 1.58. The quantitative estimate of drug-likeness (QED) is 0.861. The van der Waals surface area contributed by atoms with Gasteiger partial charge in [0.2, 0.25) is 0 Å². The van der Waals surface area contributed by atoms with E-state index < -0.39 is 11.7 Å². The molecule has 4 heteroatoms. The minimum atomic E-state index is -0.475. The van der Waals surface area contributed by atoms with E-state index in [-0.39, 0.29) is 0 Å². The number of carbonyl (C=O) groups excluding carboxylic acids is 1. The number of amides is 1. The highest BCUT2D eigenvalue weighted by atomic mass is 16.6. The second kappa shape index (κ2) is 5.61. The van der Waals surface area contributed by atoms with Crippen LogP contribution in [-0.4, -0.2) is 24.8 Å². The summed E-state index contributed by atoms with van der Waals surface area (Å²) in [5.74, 6) is 0.542. The van der Waals surface area contributed by atoms with Gasteiger partial charge in [-0.15, -0.1) is 0 Å². The molecule has 1 heterocycles. The van der Waals surface area contributed by atoms with E-state index in [0.717, 1.165) is 25.2 Å². The number of hydrogen-bond donors (Lipinski definition) is 2. The lowest BCUT2D eigenvalue weighted by molar-refractivity contribution is 0.0636. The number of carbonyl (C=O) groups is 1. The Hall–Kier alpha value is -1.55. The molecule has 0 aromatic heterocycles. The summed E-state index contributed by atoms with van der Waals surface area (Å²) < 4.78 is 5.24.